The zero-order valence-electron chi connectivity index (χ0n) is 16.6. The Bertz CT molecular complexity index is 773. The molecule has 0 aliphatic heterocycles. The fourth-order valence-corrected chi connectivity index (χ4v) is 3.44. The number of allylic oxidation sites excluding steroid dienone is 7. The van der Waals surface area contributed by atoms with Crippen LogP contribution in [0, 0.1) is 5.41 Å². The quantitative estimate of drug-likeness (QED) is 0.337. The highest BCUT2D eigenvalue weighted by molar-refractivity contribution is 5.69. The van der Waals surface area contributed by atoms with Gasteiger partial charge in [0.15, 0.2) is 0 Å². The number of hydrogen-bond donors (Lipinski definition) is 0. The second-order valence-corrected chi connectivity index (χ2v) is 7.70. The monoisotopic (exact) mass is 350 g/mol. The summed E-state index contributed by atoms with van der Waals surface area (Å²) in [5, 5.41) is 0. The summed E-state index contributed by atoms with van der Waals surface area (Å²) in [7, 11) is 0. The van der Waals surface area contributed by atoms with Crippen molar-refractivity contribution in [2.75, 3.05) is 0 Å². The number of ether oxygens (including phenoxy) is 1. The first-order chi connectivity index (χ1) is 12.3. The lowest BCUT2D eigenvalue weighted by Gasteiger charge is -2.32. The molecule has 138 valence electrons. The van der Waals surface area contributed by atoms with Crippen molar-refractivity contribution >= 4 is 12.0 Å². The molecule has 0 atom stereocenters. The first-order valence-electron chi connectivity index (χ1n) is 9.30. The number of hydrogen-bond acceptors (Lipinski definition) is 2. The van der Waals surface area contributed by atoms with Crippen LogP contribution >= 0.6 is 0 Å². The minimum atomic E-state index is -0.303. The predicted octanol–water partition coefficient (Wildman–Crippen LogP) is 6.65. The average molecular weight is 351 g/mol. The first-order valence-corrected chi connectivity index (χ1v) is 9.30. The number of rotatable bonds is 5. The Hall–Kier alpha value is -2.35. The molecule has 0 aromatic heterocycles. The SMILES string of the molecule is CC(=O)Oc1cccc(/C=C/C=C(C)/C=C/C2=C(C)CCCC2(C)C)c1. The molecule has 0 unspecified atom stereocenters. The average Bonchev–Trinajstić information content (AvgIpc) is 2.53. The lowest BCUT2D eigenvalue weighted by Crippen LogP contribution is -2.19. The van der Waals surface area contributed by atoms with Gasteiger partial charge in [0.25, 0.3) is 0 Å². The maximum Gasteiger partial charge on any atom is 0.308 e. The highest BCUT2D eigenvalue weighted by Gasteiger charge is 2.26. The van der Waals surface area contributed by atoms with E-state index in [4.69, 9.17) is 4.74 Å². The van der Waals surface area contributed by atoms with Crippen LogP contribution in [-0.4, -0.2) is 5.97 Å². The van der Waals surface area contributed by atoms with Gasteiger partial charge in [0.05, 0.1) is 0 Å². The Morgan fingerprint density at radius 2 is 1.96 bits per heavy atom. The molecule has 2 heteroatoms. The van der Waals surface area contributed by atoms with E-state index in [0.29, 0.717) is 5.75 Å². The Kier molecular flexibility index (Phi) is 6.79. The van der Waals surface area contributed by atoms with Crippen molar-refractivity contribution in [2.45, 2.75) is 53.9 Å². The van der Waals surface area contributed by atoms with Crippen molar-refractivity contribution in [1.29, 1.82) is 0 Å². The van der Waals surface area contributed by atoms with Crippen molar-refractivity contribution in [1.82, 2.24) is 0 Å². The summed E-state index contributed by atoms with van der Waals surface area (Å²) in [5.74, 6) is 0.268. The lowest BCUT2D eigenvalue weighted by atomic mass is 9.72. The van der Waals surface area contributed by atoms with E-state index in [2.05, 4.69) is 45.9 Å². The van der Waals surface area contributed by atoms with Gasteiger partial charge in [-0.05, 0) is 61.8 Å². The molecule has 2 rings (SSSR count). The lowest BCUT2D eigenvalue weighted by molar-refractivity contribution is -0.131. The third-order valence-corrected chi connectivity index (χ3v) is 4.82. The van der Waals surface area contributed by atoms with Crippen molar-refractivity contribution in [3.8, 4) is 5.75 Å². The third kappa shape index (κ3) is 5.87. The molecule has 0 saturated carbocycles. The summed E-state index contributed by atoms with van der Waals surface area (Å²) in [6, 6.07) is 7.51. The molecule has 1 aliphatic carbocycles. The van der Waals surface area contributed by atoms with E-state index in [1.54, 1.807) is 6.07 Å². The second-order valence-electron chi connectivity index (χ2n) is 7.70. The maximum absolute atomic E-state index is 11.0. The number of carbonyl (C=O) groups excluding carboxylic acids is 1. The largest absolute Gasteiger partial charge is 0.427 e. The van der Waals surface area contributed by atoms with Gasteiger partial charge in [-0.25, -0.2) is 0 Å². The van der Waals surface area contributed by atoms with Crippen LogP contribution in [0.2, 0.25) is 0 Å². The molecule has 0 saturated heterocycles. The van der Waals surface area contributed by atoms with E-state index in [9.17, 15) is 4.79 Å². The standard InChI is InChI=1S/C24H30O2/c1-18(14-15-23-19(2)10-8-16-24(23,4)5)9-6-11-21-12-7-13-22(17-21)26-20(3)25/h6-7,9,11-15,17H,8,10,16H2,1-5H3/b11-6+,15-14+,18-9+. The minimum absolute atomic E-state index is 0.270. The van der Waals surface area contributed by atoms with Gasteiger partial charge in [-0.1, -0.05) is 67.5 Å². The van der Waals surface area contributed by atoms with Gasteiger partial charge in [0.1, 0.15) is 5.75 Å². The van der Waals surface area contributed by atoms with Crippen LogP contribution in [0.5, 0.6) is 5.75 Å². The Morgan fingerprint density at radius 1 is 1.19 bits per heavy atom. The van der Waals surface area contributed by atoms with Crippen LogP contribution in [-0.2, 0) is 4.79 Å². The molecule has 0 bridgehead atoms. The minimum Gasteiger partial charge on any atom is -0.427 e. The molecule has 1 aliphatic rings. The van der Waals surface area contributed by atoms with Crippen molar-refractivity contribution in [2.24, 2.45) is 5.41 Å². The smallest absolute Gasteiger partial charge is 0.308 e. The van der Waals surface area contributed by atoms with Gasteiger partial charge < -0.3 is 4.74 Å². The maximum atomic E-state index is 11.0. The van der Waals surface area contributed by atoms with Crippen LogP contribution in [0.15, 0.2) is 65.3 Å². The molecule has 1 aromatic rings. The first kappa shape index (κ1) is 20.0. The van der Waals surface area contributed by atoms with Crippen LogP contribution in [0.3, 0.4) is 0 Å². The molecule has 1 aromatic carbocycles. The van der Waals surface area contributed by atoms with Gasteiger partial charge >= 0.3 is 5.97 Å². The Balaban J connectivity index is 2.06. The summed E-state index contributed by atoms with van der Waals surface area (Å²) < 4.78 is 5.11. The highest BCUT2D eigenvalue weighted by atomic mass is 16.5. The summed E-state index contributed by atoms with van der Waals surface area (Å²) in [6.45, 7) is 10.5. The van der Waals surface area contributed by atoms with Gasteiger partial charge in [-0.3, -0.25) is 4.79 Å². The molecule has 0 spiro atoms. The molecule has 26 heavy (non-hydrogen) atoms. The van der Waals surface area contributed by atoms with E-state index in [1.165, 1.54) is 42.9 Å². The van der Waals surface area contributed by atoms with Crippen LogP contribution in [0.4, 0.5) is 0 Å². The molecular weight excluding hydrogens is 320 g/mol. The van der Waals surface area contributed by atoms with Crippen molar-refractivity contribution < 1.29 is 9.53 Å². The van der Waals surface area contributed by atoms with E-state index in [0.717, 1.165) is 5.56 Å². The van der Waals surface area contributed by atoms with Gasteiger partial charge in [-0.2, -0.15) is 0 Å². The highest BCUT2D eigenvalue weighted by Crippen LogP contribution is 2.40. The molecule has 2 nitrogen and oxygen atoms in total. The second kappa shape index (κ2) is 8.84. The zero-order valence-corrected chi connectivity index (χ0v) is 16.6. The van der Waals surface area contributed by atoms with Gasteiger partial charge in [0, 0.05) is 6.92 Å². The zero-order chi connectivity index (χ0) is 19.2. The van der Waals surface area contributed by atoms with E-state index < -0.39 is 0 Å². The van der Waals surface area contributed by atoms with E-state index in [1.807, 2.05) is 30.4 Å². The number of carbonyl (C=O) groups is 1. The fraction of sp³-hybridized carbons (Fsp3) is 0.375. The fourth-order valence-electron chi connectivity index (χ4n) is 3.44. The summed E-state index contributed by atoms with van der Waals surface area (Å²) >= 11 is 0. The normalized spacial score (nSPS) is 18.0. The third-order valence-electron chi connectivity index (χ3n) is 4.82. The summed E-state index contributed by atoms with van der Waals surface area (Å²) in [5.41, 5.74) is 5.48. The molecule has 0 N–H and O–H groups in total. The number of esters is 1. The van der Waals surface area contributed by atoms with Crippen LogP contribution in [0.25, 0.3) is 6.08 Å². The van der Waals surface area contributed by atoms with Crippen molar-refractivity contribution in [3.63, 3.8) is 0 Å². The molecule has 0 radical (unpaired) electrons. The van der Waals surface area contributed by atoms with Crippen molar-refractivity contribution in [3.05, 3.63) is 70.9 Å². The van der Waals surface area contributed by atoms with Crippen LogP contribution in [0.1, 0.15) is 59.4 Å². The van der Waals surface area contributed by atoms with E-state index >= 15 is 0 Å². The van der Waals surface area contributed by atoms with E-state index in [-0.39, 0.29) is 11.4 Å². The summed E-state index contributed by atoms with van der Waals surface area (Å²) in [4.78, 5) is 11.0. The predicted molar refractivity (Wildman–Crippen MR) is 110 cm³/mol. The molecular formula is C24H30O2. The molecule has 0 fully saturated rings. The summed E-state index contributed by atoms with van der Waals surface area (Å²) in [6.07, 6.45) is 14.4. The number of benzene rings is 1. The van der Waals surface area contributed by atoms with Crippen LogP contribution < -0.4 is 4.74 Å². The Morgan fingerprint density at radius 3 is 2.65 bits per heavy atom. The molecule has 0 heterocycles. The van der Waals surface area contributed by atoms with Gasteiger partial charge in [0.2, 0.25) is 0 Å². The molecule has 0 amide bonds. The Labute approximate surface area is 158 Å². The van der Waals surface area contributed by atoms with Gasteiger partial charge in [-0.15, -0.1) is 0 Å². The topological polar surface area (TPSA) is 26.3 Å².